The van der Waals surface area contributed by atoms with Crippen molar-refractivity contribution in [3.63, 3.8) is 0 Å². The van der Waals surface area contributed by atoms with Crippen molar-refractivity contribution in [3.8, 4) is 11.3 Å². The van der Waals surface area contributed by atoms with E-state index in [1.807, 2.05) is 49.4 Å². The Labute approximate surface area is 198 Å². The highest BCUT2D eigenvalue weighted by molar-refractivity contribution is 6.31. The summed E-state index contributed by atoms with van der Waals surface area (Å²) < 4.78 is 5.82. The number of piperidine rings is 1. The van der Waals surface area contributed by atoms with Gasteiger partial charge >= 0.3 is 0 Å². The van der Waals surface area contributed by atoms with E-state index in [-0.39, 0.29) is 11.8 Å². The second-order valence-electron chi connectivity index (χ2n) is 8.52. The number of aromatic nitrogens is 2. The number of aryl methyl sites for hydroxylation is 1. The molecule has 32 heavy (non-hydrogen) atoms. The van der Waals surface area contributed by atoms with E-state index < -0.39 is 6.10 Å². The summed E-state index contributed by atoms with van der Waals surface area (Å²) in [5.41, 5.74) is 4.63. The third-order valence-corrected chi connectivity index (χ3v) is 6.82. The molecule has 5 nitrogen and oxygen atoms in total. The maximum atomic E-state index is 11.7. The molecule has 0 amide bonds. The Morgan fingerprint density at radius 3 is 2.78 bits per heavy atom. The van der Waals surface area contributed by atoms with Crippen molar-refractivity contribution in [2.24, 2.45) is 5.92 Å². The van der Waals surface area contributed by atoms with Crippen LogP contribution in [0.1, 0.15) is 41.7 Å². The number of likely N-dealkylation sites (tertiary alicyclic amines) is 1. The van der Waals surface area contributed by atoms with Crippen molar-refractivity contribution >= 4 is 29.7 Å². The molecule has 7 heteroatoms. The molecule has 0 aliphatic carbocycles. The number of nitrogens with zero attached hydrogens (tertiary/aromatic N) is 2. The molecule has 1 saturated heterocycles. The summed E-state index contributed by atoms with van der Waals surface area (Å²) in [5.74, 6) is 0.132. The number of carbonyl (C=O) groups is 1. The number of hydrogen-bond donors (Lipinski definition) is 1. The molecule has 0 radical (unpaired) electrons. The minimum atomic E-state index is -0.499. The second kappa shape index (κ2) is 10.1. The first kappa shape index (κ1) is 22.8. The molecule has 0 bridgehead atoms. The Morgan fingerprint density at radius 2 is 2.03 bits per heavy atom. The van der Waals surface area contributed by atoms with Crippen LogP contribution in [-0.4, -0.2) is 41.5 Å². The SMILES string of the molecule is Cc1ccc(Cl)cc1C(OC=O)C(c1[nH]cnc1-c1cccc(Cl)c1)C1CCCN(C)C1. The number of halogens is 2. The van der Waals surface area contributed by atoms with Gasteiger partial charge in [-0.05, 0) is 74.7 Å². The summed E-state index contributed by atoms with van der Waals surface area (Å²) in [4.78, 5) is 22.0. The van der Waals surface area contributed by atoms with Crippen LogP contribution in [0.3, 0.4) is 0 Å². The van der Waals surface area contributed by atoms with Crippen LogP contribution < -0.4 is 0 Å². The van der Waals surface area contributed by atoms with E-state index in [0.717, 1.165) is 54.0 Å². The molecule has 3 aromatic rings. The van der Waals surface area contributed by atoms with E-state index in [2.05, 4.69) is 21.9 Å². The molecule has 1 aromatic heterocycles. The molecular weight excluding hydrogens is 445 g/mol. The van der Waals surface area contributed by atoms with Gasteiger partial charge in [0.05, 0.1) is 17.7 Å². The quantitative estimate of drug-likeness (QED) is 0.427. The van der Waals surface area contributed by atoms with Gasteiger partial charge in [-0.3, -0.25) is 4.79 Å². The van der Waals surface area contributed by atoms with Crippen LogP contribution in [0.15, 0.2) is 48.8 Å². The highest BCUT2D eigenvalue weighted by Gasteiger charge is 2.38. The molecule has 4 rings (SSSR count). The van der Waals surface area contributed by atoms with Gasteiger partial charge in [0.15, 0.2) is 0 Å². The zero-order chi connectivity index (χ0) is 22.7. The molecule has 168 valence electrons. The molecular formula is C25H27Cl2N3O2. The van der Waals surface area contributed by atoms with Crippen LogP contribution in [0.25, 0.3) is 11.3 Å². The van der Waals surface area contributed by atoms with Gasteiger partial charge in [-0.1, -0.05) is 41.4 Å². The van der Waals surface area contributed by atoms with Crippen molar-refractivity contribution < 1.29 is 9.53 Å². The molecule has 0 spiro atoms. The van der Waals surface area contributed by atoms with Crippen LogP contribution in [0.4, 0.5) is 0 Å². The number of imidazole rings is 1. The van der Waals surface area contributed by atoms with Crippen molar-refractivity contribution in [2.75, 3.05) is 20.1 Å². The van der Waals surface area contributed by atoms with Gasteiger partial charge in [-0.15, -0.1) is 0 Å². The van der Waals surface area contributed by atoms with E-state index in [1.165, 1.54) is 0 Å². The lowest BCUT2D eigenvalue weighted by Gasteiger charge is -2.38. The van der Waals surface area contributed by atoms with Crippen LogP contribution in [0.5, 0.6) is 0 Å². The van der Waals surface area contributed by atoms with Gasteiger partial charge in [0.25, 0.3) is 6.47 Å². The topological polar surface area (TPSA) is 58.2 Å². The standard InChI is InChI=1S/C25H27Cl2N3O2/c1-16-8-9-20(27)12-21(16)25(32-15-31)22(18-6-4-10-30(2)13-18)24-23(28-14-29-24)17-5-3-7-19(26)11-17/h3,5,7-9,11-12,14-15,18,22,25H,4,6,10,13H2,1-2H3,(H,28,29). The number of ether oxygens (including phenoxy) is 1. The predicted octanol–water partition coefficient (Wildman–Crippen LogP) is 6.03. The van der Waals surface area contributed by atoms with E-state index in [0.29, 0.717) is 16.5 Å². The van der Waals surface area contributed by atoms with E-state index in [1.54, 1.807) is 6.33 Å². The lowest BCUT2D eigenvalue weighted by molar-refractivity contribution is -0.136. The van der Waals surface area contributed by atoms with Gasteiger partial charge in [0.2, 0.25) is 0 Å². The van der Waals surface area contributed by atoms with E-state index in [4.69, 9.17) is 27.9 Å². The maximum absolute atomic E-state index is 11.7. The Hall–Kier alpha value is -2.34. The molecule has 1 aliphatic rings. The Kier molecular flexibility index (Phi) is 7.19. The first-order chi connectivity index (χ1) is 15.5. The highest BCUT2D eigenvalue weighted by atomic mass is 35.5. The molecule has 1 fully saturated rings. The van der Waals surface area contributed by atoms with Crippen LogP contribution in [-0.2, 0) is 9.53 Å². The van der Waals surface area contributed by atoms with E-state index in [9.17, 15) is 4.79 Å². The first-order valence-corrected chi connectivity index (χ1v) is 11.6. The zero-order valence-corrected chi connectivity index (χ0v) is 19.7. The van der Waals surface area contributed by atoms with Crippen LogP contribution in [0, 0.1) is 12.8 Å². The van der Waals surface area contributed by atoms with Gasteiger partial charge in [-0.25, -0.2) is 4.98 Å². The van der Waals surface area contributed by atoms with Crippen molar-refractivity contribution in [1.82, 2.24) is 14.9 Å². The Balaban J connectivity index is 1.87. The zero-order valence-electron chi connectivity index (χ0n) is 18.2. The van der Waals surface area contributed by atoms with Gasteiger partial charge < -0.3 is 14.6 Å². The third-order valence-electron chi connectivity index (χ3n) is 6.35. The highest BCUT2D eigenvalue weighted by Crippen LogP contribution is 2.45. The molecule has 1 aliphatic heterocycles. The van der Waals surface area contributed by atoms with Crippen LogP contribution >= 0.6 is 23.2 Å². The fourth-order valence-electron chi connectivity index (χ4n) is 4.89. The summed E-state index contributed by atoms with van der Waals surface area (Å²) in [6, 6.07) is 13.4. The summed E-state index contributed by atoms with van der Waals surface area (Å²) in [6.45, 7) is 4.52. The predicted molar refractivity (Wildman–Crippen MR) is 128 cm³/mol. The minimum absolute atomic E-state index is 0.128. The normalized spacial score (nSPS) is 18.8. The third kappa shape index (κ3) is 4.85. The summed E-state index contributed by atoms with van der Waals surface area (Å²) in [5, 5.41) is 1.26. The first-order valence-electron chi connectivity index (χ1n) is 10.8. The fourth-order valence-corrected chi connectivity index (χ4v) is 5.26. The smallest absolute Gasteiger partial charge is 0.293 e. The molecule has 2 aromatic carbocycles. The number of aromatic amines is 1. The molecule has 1 N–H and O–H groups in total. The summed E-state index contributed by atoms with van der Waals surface area (Å²) >= 11 is 12.6. The van der Waals surface area contributed by atoms with Crippen molar-refractivity contribution in [2.45, 2.75) is 31.8 Å². The number of rotatable bonds is 7. The lowest BCUT2D eigenvalue weighted by Crippen LogP contribution is -2.37. The lowest BCUT2D eigenvalue weighted by atomic mass is 9.76. The number of H-pyrrole nitrogens is 1. The number of carbonyl (C=O) groups excluding carboxylic acids is 1. The average molecular weight is 472 g/mol. The average Bonchev–Trinajstić information content (AvgIpc) is 3.25. The van der Waals surface area contributed by atoms with Gasteiger partial charge in [0, 0.05) is 28.1 Å². The van der Waals surface area contributed by atoms with E-state index >= 15 is 0 Å². The summed E-state index contributed by atoms with van der Waals surface area (Å²) in [6.07, 6.45) is 3.32. The molecule has 0 saturated carbocycles. The molecule has 3 unspecified atom stereocenters. The maximum Gasteiger partial charge on any atom is 0.293 e. The Morgan fingerprint density at radius 1 is 1.22 bits per heavy atom. The molecule has 3 atom stereocenters. The second-order valence-corrected chi connectivity index (χ2v) is 9.39. The summed E-state index contributed by atoms with van der Waals surface area (Å²) in [7, 11) is 2.13. The van der Waals surface area contributed by atoms with Crippen LogP contribution in [0.2, 0.25) is 10.0 Å². The molecule has 2 heterocycles. The van der Waals surface area contributed by atoms with Crippen molar-refractivity contribution in [1.29, 1.82) is 0 Å². The van der Waals surface area contributed by atoms with Gasteiger partial charge in [-0.2, -0.15) is 0 Å². The number of benzene rings is 2. The van der Waals surface area contributed by atoms with Crippen molar-refractivity contribution in [3.05, 3.63) is 75.7 Å². The Bertz CT molecular complexity index is 1080. The number of hydrogen-bond acceptors (Lipinski definition) is 4. The largest absolute Gasteiger partial charge is 0.459 e. The minimum Gasteiger partial charge on any atom is -0.459 e. The monoisotopic (exact) mass is 471 g/mol. The fraction of sp³-hybridized carbons (Fsp3) is 0.360. The van der Waals surface area contributed by atoms with Gasteiger partial charge in [0.1, 0.15) is 6.10 Å². The number of nitrogens with one attached hydrogen (secondary N) is 1.